The normalized spacial score (nSPS) is 10.1. The van der Waals surface area contributed by atoms with E-state index in [1.54, 1.807) is 0 Å². The van der Waals surface area contributed by atoms with Gasteiger partial charge in [0.1, 0.15) is 6.61 Å². The molecule has 0 spiro atoms. The Morgan fingerprint density at radius 1 is 1.40 bits per heavy atom. The summed E-state index contributed by atoms with van der Waals surface area (Å²) in [5.74, 6) is -0.162. The van der Waals surface area contributed by atoms with Crippen LogP contribution in [-0.2, 0) is 9.53 Å². The van der Waals surface area contributed by atoms with Gasteiger partial charge in [-0.15, -0.1) is 0 Å². The summed E-state index contributed by atoms with van der Waals surface area (Å²) in [5.41, 5.74) is 9.16. The molecule has 1 amide bonds. The molecule has 1 rings (SSSR count). The second-order valence-electron chi connectivity index (χ2n) is 3.50. The van der Waals surface area contributed by atoms with Crippen LogP contribution in [0.1, 0.15) is 11.1 Å². The largest absolute Gasteiger partial charge is 0.399 e. The van der Waals surface area contributed by atoms with Gasteiger partial charge in [-0.05, 0) is 37.1 Å². The first-order chi connectivity index (χ1) is 7.04. The maximum Gasteiger partial charge on any atom is 0.250 e. The van der Waals surface area contributed by atoms with E-state index in [9.17, 15) is 4.79 Å². The number of anilines is 2. The summed E-state index contributed by atoms with van der Waals surface area (Å²) in [6, 6.07) is 3.70. The fourth-order valence-electron chi connectivity index (χ4n) is 1.29. The molecule has 4 nitrogen and oxygen atoms in total. The molecular weight excluding hydrogens is 192 g/mol. The van der Waals surface area contributed by atoms with Crippen molar-refractivity contribution in [3.05, 3.63) is 23.3 Å². The molecule has 0 heterocycles. The van der Waals surface area contributed by atoms with E-state index in [1.165, 1.54) is 7.11 Å². The third-order valence-corrected chi connectivity index (χ3v) is 2.16. The van der Waals surface area contributed by atoms with Crippen LogP contribution in [0.15, 0.2) is 12.1 Å². The van der Waals surface area contributed by atoms with E-state index in [2.05, 4.69) is 5.32 Å². The van der Waals surface area contributed by atoms with Crippen molar-refractivity contribution in [3.8, 4) is 0 Å². The molecule has 0 bridgehead atoms. The summed E-state index contributed by atoms with van der Waals surface area (Å²) < 4.78 is 4.73. The first-order valence-corrected chi connectivity index (χ1v) is 4.70. The Balaban J connectivity index is 2.86. The van der Waals surface area contributed by atoms with Gasteiger partial charge in [0.05, 0.1) is 0 Å². The molecule has 0 saturated heterocycles. The maximum absolute atomic E-state index is 11.3. The molecule has 82 valence electrons. The quantitative estimate of drug-likeness (QED) is 0.739. The third kappa shape index (κ3) is 2.95. The first kappa shape index (κ1) is 11.5. The van der Waals surface area contributed by atoms with Crippen LogP contribution in [0.25, 0.3) is 0 Å². The van der Waals surface area contributed by atoms with Crippen molar-refractivity contribution in [1.29, 1.82) is 0 Å². The lowest BCUT2D eigenvalue weighted by Gasteiger charge is -2.10. The van der Waals surface area contributed by atoms with Gasteiger partial charge < -0.3 is 15.8 Å². The van der Waals surface area contributed by atoms with Crippen LogP contribution < -0.4 is 11.1 Å². The van der Waals surface area contributed by atoms with Gasteiger partial charge >= 0.3 is 0 Å². The topological polar surface area (TPSA) is 64.3 Å². The molecule has 0 atom stereocenters. The van der Waals surface area contributed by atoms with Gasteiger partial charge in [-0.2, -0.15) is 0 Å². The van der Waals surface area contributed by atoms with E-state index in [0.29, 0.717) is 0 Å². The molecule has 0 radical (unpaired) electrons. The molecule has 4 heteroatoms. The lowest BCUT2D eigenvalue weighted by molar-refractivity contribution is -0.119. The Bertz CT molecular complexity index is 375. The molecule has 15 heavy (non-hydrogen) atoms. The number of hydrogen-bond acceptors (Lipinski definition) is 3. The molecule has 1 aromatic rings. The van der Waals surface area contributed by atoms with Gasteiger partial charge in [0.2, 0.25) is 5.91 Å². The van der Waals surface area contributed by atoms with Gasteiger partial charge in [0.25, 0.3) is 0 Å². The minimum Gasteiger partial charge on any atom is -0.399 e. The van der Waals surface area contributed by atoms with Crippen LogP contribution in [0.5, 0.6) is 0 Å². The van der Waals surface area contributed by atoms with E-state index >= 15 is 0 Å². The van der Waals surface area contributed by atoms with Crippen molar-refractivity contribution in [2.45, 2.75) is 13.8 Å². The number of carbonyl (C=O) groups is 1. The highest BCUT2D eigenvalue weighted by atomic mass is 16.5. The zero-order valence-electron chi connectivity index (χ0n) is 9.26. The molecule has 3 N–H and O–H groups in total. The van der Waals surface area contributed by atoms with Crippen LogP contribution in [0, 0.1) is 13.8 Å². The number of carbonyl (C=O) groups excluding carboxylic acids is 1. The van der Waals surface area contributed by atoms with Crippen LogP contribution >= 0.6 is 0 Å². The molecular formula is C11H16N2O2. The maximum atomic E-state index is 11.3. The Morgan fingerprint density at radius 3 is 2.67 bits per heavy atom. The molecule has 0 fully saturated rings. The molecule has 1 aromatic carbocycles. The standard InChI is InChI=1S/C11H16N2O2/c1-7-5-10(8(2)4-9(7)12)13-11(14)6-15-3/h4-5H,6,12H2,1-3H3,(H,13,14). The molecule has 0 unspecified atom stereocenters. The SMILES string of the molecule is COCC(=O)Nc1cc(C)c(N)cc1C. The molecule has 0 saturated carbocycles. The minimum atomic E-state index is -0.162. The number of ether oxygens (including phenoxy) is 1. The van der Waals surface area contributed by atoms with Crippen molar-refractivity contribution in [3.63, 3.8) is 0 Å². The number of methoxy groups -OCH3 is 1. The zero-order chi connectivity index (χ0) is 11.4. The predicted molar refractivity (Wildman–Crippen MR) is 60.8 cm³/mol. The van der Waals surface area contributed by atoms with Gasteiger partial charge in [-0.3, -0.25) is 4.79 Å². The van der Waals surface area contributed by atoms with E-state index < -0.39 is 0 Å². The van der Waals surface area contributed by atoms with Crippen LogP contribution in [0.4, 0.5) is 11.4 Å². The van der Waals surface area contributed by atoms with Crippen LogP contribution in [-0.4, -0.2) is 19.6 Å². The van der Waals surface area contributed by atoms with Gasteiger partial charge in [-0.1, -0.05) is 0 Å². The molecule has 0 aliphatic heterocycles. The molecule has 0 aliphatic carbocycles. The van der Waals surface area contributed by atoms with Crippen molar-refractivity contribution in [2.24, 2.45) is 0 Å². The average Bonchev–Trinajstić information content (AvgIpc) is 2.14. The second-order valence-corrected chi connectivity index (χ2v) is 3.50. The highest BCUT2D eigenvalue weighted by molar-refractivity contribution is 5.92. The average molecular weight is 208 g/mol. The molecule has 0 aliphatic rings. The fourth-order valence-corrected chi connectivity index (χ4v) is 1.29. The van der Waals surface area contributed by atoms with Crippen LogP contribution in [0.3, 0.4) is 0 Å². The lowest BCUT2D eigenvalue weighted by atomic mass is 10.1. The number of nitrogen functional groups attached to an aromatic ring is 1. The van der Waals surface area contributed by atoms with Gasteiger partial charge in [-0.25, -0.2) is 0 Å². The fraction of sp³-hybridized carbons (Fsp3) is 0.364. The van der Waals surface area contributed by atoms with Gasteiger partial charge in [0.15, 0.2) is 0 Å². The van der Waals surface area contributed by atoms with E-state index in [-0.39, 0.29) is 12.5 Å². The number of benzene rings is 1. The zero-order valence-corrected chi connectivity index (χ0v) is 9.26. The predicted octanol–water partition coefficient (Wildman–Crippen LogP) is 1.47. The summed E-state index contributed by atoms with van der Waals surface area (Å²) in [7, 11) is 1.49. The number of nitrogens with two attached hydrogens (primary N) is 1. The monoisotopic (exact) mass is 208 g/mol. The summed E-state index contributed by atoms with van der Waals surface area (Å²) in [6.45, 7) is 3.86. The smallest absolute Gasteiger partial charge is 0.250 e. The first-order valence-electron chi connectivity index (χ1n) is 4.70. The van der Waals surface area contributed by atoms with E-state index in [1.807, 2.05) is 26.0 Å². The highest BCUT2D eigenvalue weighted by Crippen LogP contribution is 2.21. The number of amides is 1. The van der Waals surface area contributed by atoms with Crippen molar-refractivity contribution in [2.75, 3.05) is 24.8 Å². The van der Waals surface area contributed by atoms with Crippen molar-refractivity contribution < 1.29 is 9.53 Å². The van der Waals surface area contributed by atoms with Crippen LogP contribution in [0.2, 0.25) is 0 Å². The Morgan fingerprint density at radius 2 is 2.07 bits per heavy atom. The summed E-state index contributed by atoms with van der Waals surface area (Å²) in [4.78, 5) is 11.3. The highest BCUT2D eigenvalue weighted by Gasteiger charge is 2.05. The summed E-state index contributed by atoms with van der Waals surface area (Å²) in [6.07, 6.45) is 0. The summed E-state index contributed by atoms with van der Waals surface area (Å²) in [5, 5.41) is 2.76. The van der Waals surface area contributed by atoms with E-state index in [0.717, 1.165) is 22.5 Å². The van der Waals surface area contributed by atoms with Crippen molar-refractivity contribution in [1.82, 2.24) is 0 Å². The van der Waals surface area contributed by atoms with Gasteiger partial charge in [0, 0.05) is 18.5 Å². The Kier molecular flexibility index (Phi) is 3.68. The lowest BCUT2D eigenvalue weighted by Crippen LogP contribution is -2.18. The second kappa shape index (κ2) is 4.79. The number of aryl methyl sites for hydroxylation is 2. The summed E-state index contributed by atoms with van der Waals surface area (Å²) >= 11 is 0. The third-order valence-electron chi connectivity index (χ3n) is 2.16. The Hall–Kier alpha value is -1.55. The van der Waals surface area contributed by atoms with E-state index in [4.69, 9.17) is 10.5 Å². The minimum absolute atomic E-state index is 0.0584. The number of rotatable bonds is 3. The Labute approximate surface area is 89.4 Å². The molecule has 0 aromatic heterocycles. The van der Waals surface area contributed by atoms with Crippen molar-refractivity contribution >= 4 is 17.3 Å². The number of nitrogens with one attached hydrogen (secondary N) is 1. The number of hydrogen-bond donors (Lipinski definition) is 2.